The highest BCUT2D eigenvalue weighted by molar-refractivity contribution is 14.0. The predicted octanol–water partition coefficient (Wildman–Crippen LogP) is 2.49. The summed E-state index contributed by atoms with van der Waals surface area (Å²) >= 11 is 0. The molecular formula is C22H27IN6O3. The van der Waals surface area contributed by atoms with Gasteiger partial charge in [-0.1, -0.05) is 12.1 Å². The molecule has 32 heavy (non-hydrogen) atoms. The Morgan fingerprint density at radius 1 is 1.09 bits per heavy atom. The van der Waals surface area contributed by atoms with Crippen LogP contribution in [0.2, 0.25) is 0 Å². The minimum Gasteiger partial charge on any atom is -0.454 e. The molecule has 2 aliphatic rings. The minimum absolute atomic E-state index is 0. The minimum atomic E-state index is -0.0710. The molecule has 1 saturated heterocycles. The molecule has 2 aliphatic heterocycles. The molecular weight excluding hydrogens is 523 g/mol. The van der Waals surface area contributed by atoms with Gasteiger partial charge in [-0.15, -0.1) is 34.2 Å². The summed E-state index contributed by atoms with van der Waals surface area (Å²) in [5.74, 6) is 3.16. The average Bonchev–Trinajstić information content (AvgIpc) is 3.46. The lowest BCUT2D eigenvalue weighted by Crippen LogP contribution is -2.48. The summed E-state index contributed by atoms with van der Waals surface area (Å²) in [4.78, 5) is 4.40. The third kappa shape index (κ3) is 4.46. The molecule has 0 spiro atoms. The molecule has 9 nitrogen and oxygen atoms in total. The lowest BCUT2D eigenvalue weighted by Gasteiger charge is -2.38. The quantitative estimate of drug-likeness (QED) is 0.287. The number of aliphatic imine (C=N–C) groups is 1. The molecule has 0 aliphatic carbocycles. The molecule has 0 unspecified atom stereocenters. The number of benzene rings is 1. The molecule has 0 amide bonds. The van der Waals surface area contributed by atoms with Crippen molar-refractivity contribution in [1.82, 2.24) is 25.2 Å². The highest BCUT2D eigenvalue weighted by Gasteiger charge is 2.36. The van der Waals surface area contributed by atoms with Crippen LogP contribution in [0, 0.1) is 0 Å². The first-order valence-corrected chi connectivity index (χ1v) is 10.5. The summed E-state index contributed by atoms with van der Waals surface area (Å²) in [6, 6.07) is 12.1. The van der Waals surface area contributed by atoms with Gasteiger partial charge >= 0.3 is 0 Å². The number of fused-ring (bicyclic) bond motifs is 2. The molecule has 0 saturated carbocycles. The first kappa shape index (κ1) is 22.6. The van der Waals surface area contributed by atoms with Gasteiger partial charge in [-0.3, -0.25) is 9.39 Å². The highest BCUT2D eigenvalue weighted by Crippen LogP contribution is 2.40. The van der Waals surface area contributed by atoms with E-state index in [1.54, 1.807) is 7.05 Å². The largest absolute Gasteiger partial charge is 0.454 e. The monoisotopic (exact) mass is 550 g/mol. The Hall–Kier alpha value is -2.60. The normalized spacial score (nSPS) is 17.1. The van der Waals surface area contributed by atoms with E-state index in [4.69, 9.17) is 14.2 Å². The number of rotatable bonds is 5. The van der Waals surface area contributed by atoms with E-state index in [-0.39, 0.29) is 36.2 Å². The lowest BCUT2D eigenvalue weighted by molar-refractivity contribution is 0.0513. The van der Waals surface area contributed by atoms with Crippen LogP contribution in [0.5, 0.6) is 11.5 Å². The van der Waals surface area contributed by atoms with Crippen molar-refractivity contribution in [2.75, 3.05) is 33.6 Å². The van der Waals surface area contributed by atoms with Crippen molar-refractivity contribution in [1.29, 1.82) is 0 Å². The van der Waals surface area contributed by atoms with Gasteiger partial charge in [-0.2, -0.15) is 0 Å². The molecule has 1 fully saturated rings. The lowest BCUT2D eigenvalue weighted by atomic mass is 9.74. The number of guanidine groups is 1. The van der Waals surface area contributed by atoms with Gasteiger partial charge < -0.3 is 24.8 Å². The van der Waals surface area contributed by atoms with E-state index < -0.39 is 0 Å². The third-order valence-corrected chi connectivity index (χ3v) is 6.05. The zero-order chi connectivity index (χ0) is 21.1. The fourth-order valence-corrected chi connectivity index (χ4v) is 4.20. The smallest absolute Gasteiger partial charge is 0.231 e. The van der Waals surface area contributed by atoms with Gasteiger partial charge in [-0.25, -0.2) is 0 Å². The zero-order valence-electron chi connectivity index (χ0n) is 17.9. The summed E-state index contributed by atoms with van der Waals surface area (Å²) in [5.41, 5.74) is 1.98. The SMILES string of the molecule is CN=C(NCc1nnc2ccccn12)NCC1(c2ccc3c(c2)OCO3)CCOCC1.I. The van der Waals surface area contributed by atoms with Crippen LogP contribution in [-0.4, -0.2) is 54.2 Å². The Morgan fingerprint density at radius 3 is 2.78 bits per heavy atom. The van der Waals surface area contributed by atoms with E-state index in [9.17, 15) is 0 Å². The van der Waals surface area contributed by atoms with Crippen LogP contribution in [0.3, 0.4) is 0 Å². The Bertz CT molecular complexity index is 1100. The summed E-state index contributed by atoms with van der Waals surface area (Å²) in [6.07, 6.45) is 3.80. The second-order valence-corrected chi connectivity index (χ2v) is 7.79. The highest BCUT2D eigenvalue weighted by atomic mass is 127. The summed E-state index contributed by atoms with van der Waals surface area (Å²) in [5, 5.41) is 15.3. The van der Waals surface area contributed by atoms with E-state index in [1.807, 2.05) is 34.9 Å². The van der Waals surface area contributed by atoms with E-state index >= 15 is 0 Å². The number of nitrogens with one attached hydrogen (secondary N) is 2. The van der Waals surface area contributed by atoms with Crippen LogP contribution in [0.25, 0.3) is 5.65 Å². The standard InChI is InChI=1S/C22H26N6O3.HI/c1-23-21(24-13-20-27-26-19-4-2-3-9-28(19)20)25-14-22(7-10-29-11-8-22)16-5-6-17-18(12-16)31-15-30-17;/h2-6,9,12H,7-8,10-11,13-15H2,1H3,(H2,23,24,25);1H. The number of ether oxygens (including phenoxy) is 3. The molecule has 0 radical (unpaired) electrons. The van der Waals surface area contributed by atoms with E-state index in [2.05, 4.69) is 38.0 Å². The number of halogens is 1. The molecule has 10 heteroatoms. The molecule has 3 aromatic rings. The van der Waals surface area contributed by atoms with Crippen molar-refractivity contribution in [3.63, 3.8) is 0 Å². The van der Waals surface area contributed by atoms with Crippen LogP contribution in [0.4, 0.5) is 0 Å². The van der Waals surface area contributed by atoms with Gasteiger partial charge in [-0.05, 0) is 42.7 Å². The van der Waals surface area contributed by atoms with E-state index in [1.165, 1.54) is 5.56 Å². The summed E-state index contributed by atoms with van der Waals surface area (Å²) in [6.45, 7) is 2.99. The van der Waals surface area contributed by atoms with Crippen LogP contribution in [0.1, 0.15) is 24.2 Å². The van der Waals surface area contributed by atoms with Crippen LogP contribution in [-0.2, 0) is 16.7 Å². The number of nitrogens with zero attached hydrogens (tertiary/aromatic N) is 4. The predicted molar refractivity (Wildman–Crippen MR) is 131 cm³/mol. The van der Waals surface area contributed by atoms with Gasteiger partial charge in [0.1, 0.15) is 0 Å². The fraction of sp³-hybridized carbons (Fsp3) is 0.409. The molecule has 2 N–H and O–H groups in total. The second-order valence-electron chi connectivity index (χ2n) is 7.79. The fourth-order valence-electron chi connectivity index (χ4n) is 4.20. The van der Waals surface area contributed by atoms with Crippen molar-refractivity contribution in [2.45, 2.75) is 24.8 Å². The molecule has 4 heterocycles. The molecule has 2 aromatic heterocycles. The van der Waals surface area contributed by atoms with Gasteiger partial charge in [0.25, 0.3) is 0 Å². The Kier molecular flexibility index (Phi) is 6.99. The zero-order valence-corrected chi connectivity index (χ0v) is 20.2. The van der Waals surface area contributed by atoms with Crippen LogP contribution in [0.15, 0.2) is 47.6 Å². The van der Waals surface area contributed by atoms with Crippen molar-refractivity contribution in [2.24, 2.45) is 4.99 Å². The van der Waals surface area contributed by atoms with Gasteiger partial charge in [0.2, 0.25) is 6.79 Å². The Balaban J connectivity index is 0.00000245. The first-order chi connectivity index (χ1) is 15.3. The van der Waals surface area contributed by atoms with Crippen molar-refractivity contribution >= 4 is 35.6 Å². The van der Waals surface area contributed by atoms with Gasteiger partial charge in [0, 0.05) is 38.4 Å². The molecule has 0 atom stereocenters. The maximum Gasteiger partial charge on any atom is 0.231 e. The summed E-state index contributed by atoms with van der Waals surface area (Å²) < 4.78 is 18.7. The number of aromatic nitrogens is 3. The molecule has 170 valence electrons. The maximum atomic E-state index is 5.66. The van der Waals surface area contributed by atoms with Crippen molar-refractivity contribution < 1.29 is 14.2 Å². The van der Waals surface area contributed by atoms with Gasteiger partial charge in [0.15, 0.2) is 28.9 Å². The number of pyridine rings is 1. The number of hydrogen-bond donors (Lipinski definition) is 2. The Morgan fingerprint density at radius 2 is 1.94 bits per heavy atom. The van der Waals surface area contributed by atoms with Crippen LogP contribution >= 0.6 is 24.0 Å². The van der Waals surface area contributed by atoms with Crippen molar-refractivity contribution in [3.05, 3.63) is 54.0 Å². The average molecular weight is 550 g/mol. The van der Waals surface area contributed by atoms with Crippen molar-refractivity contribution in [3.8, 4) is 11.5 Å². The maximum absolute atomic E-state index is 5.66. The molecule has 0 bridgehead atoms. The van der Waals surface area contributed by atoms with E-state index in [0.717, 1.165) is 61.5 Å². The van der Waals surface area contributed by atoms with E-state index in [0.29, 0.717) is 6.54 Å². The molecule has 5 rings (SSSR count). The van der Waals surface area contributed by atoms with Gasteiger partial charge in [0.05, 0.1) is 6.54 Å². The summed E-state index contributed by atoms with van der Waals surface area (Å²) in [7, 11) is 1.77. The second kappa shape index (κ2) is 9.90. The molecule has 1 aromatic carbocycles. The first-order valence-electron chi connectivity index (χ1n) is 10.5. The third-order valence-electron chi connectivity index (χ3n) is 6.05. The Labute approximate surface area is 203 Å². The topological polar surface area (TPSA) is 94.3 Å². The van der Waals surface area contributed by atoms with Crippen LogP contribution < -0.4 is 20.1 Å². The number of hydrogen-bond acceptors (Lipinski definition) is 6.